The van der Waals surface area contributed by atoms with Gasteiger partial charge >= 0.3 is 0 Å². The fourth-order valence-corrected chi connectivity index (χ4v) is 2.88. The SMILES string of the molecule is CCCCSP(Cl)Cl. The fourth-order valence-electron chi connectivity index (χ4n) is 0.278. The number of hydrogen-bond donors (Lipinski definition) is 0. The molecule has 4 heteroatoms. The summed E-state index contributed by atoms with van der Waals surface area (Å²) in [6, 6.07) is 0. The van der Waals surface area contributed by atoms with Crippen LogP contribution < -0.4 is 0 Å². The molecule has 8 heavy (non-hydrogen) atoms. The van der Waals surface area contributed by atoms with Crippen molar-refractivity contribution < 1.29 is 0 Å². The summed E-state index contributed by atoms with van der Waals surface area (Å²) < 4.78 is 0. The van der Waals surface area contributed by atoms with Crippen molar-refractivity contribution in [1.29, 1.82) is 0 Å². The maximum absolute atomic E-state index is 5.51. The average molecular weight is 191 g/mol. The van der Waals surface area contributed by atoms with Crippen LogP contribution in [-0.2, 0) is 0 Å². The van der Waals surface area contributed by atoms with E-state index in [1.165, 1.54) is 12.8 Å². The van der Waals surface area contributed by atoms with E-state index in [0.29, 0.717) is 0 Å². The summed E-state index contributed by atoms with van der Waals surface area (Å²) in [6.07, 6.45) is 2.45. The molecule has 0 unspecified atom stereocenters. The van der Waals surface area contributed by atoms with Crippen molar-refractivity contribution in [2.24, 2.45) is 0 Å². The molecule has 0 spiro atoms. The second-order valence-corrected chi connectivity index (χ2v) is 8.08. The van der Waals surface area contributed by atoms with Gasteiger partial charge in [-0.2, -0.15) is 0 Å². The minimum atomic E-state index is -0.751. The first-order valence-corrected chi connectivity index (χ1v) is 7.26. The lowest BCUT2D eigenvalue weighted by Gasteiger charge is -1.96. The van der Waals surface area contributed by atoms with Crippen LogP contribution in [0.2, 0.25) is 0 Å². The highest BCUT2D eigenvalue weighted by Gasteiger charge is 1.96. The molecule has 0 bridgehead atoms. The third kappa shape index (κ3) is 7.36. The molecular formula is C4H9Cl2PS. The van der Waals surface area contributed by atoms with E-state index in [0.717, 1.165) is 5.75 Å². The zero-order chi connectivity index (χ0) is 6.41. The summed E-state index contributed by atoms with van der Waals surface area (Å²) >= 11 is 12.7. The van der Waals surface area contributed by atoms with Gasteiger partial charge in [0.15, 0.2) is 0 Å². The van der Waals surface area contributed by atoms with Crippen molar-refractivity contribution in [1.82, 2.24) is 0 Å². The van der Waals surface area contributed by atoms with Crippen molar-refractivity contribution in [3.63, 3.8) is 0 Å². The highest BCUT2D eigenvalue weighted by Crippen LogP contribution is 2.59. The van der Waals surface area contributed by atoms with Gasteiger partial charge in [0.2, 0.25) is 0 Å². The molecule has 0 radical (unpaired) electrons. The monoisotopic (exact) mass is 190 g/mol. The standard InChI is InChI=1S/C4H9Cl2PS/c1-2-3-4-8-7(5)6/h2-4H2,1H3. The summed E-state index contributed by atoms with van der Waals surface area (Å²) in [5, 5.41) is 0. The third-order valence-corrected chi connectivity index (χ3v) is 4.24. The summed E-state index contributed by atoms with van der Waals surface area (Å²) in [4.78, 5) is 0. The van der Waals surface area contributed by atoms with Crippen molar-refractivity contribution in [3.05, 3.63) is 0 Å². The van der Waals surface area contributed by atoms with Crippen LogP contribution in [0.25, 0.3) is 0 Å². The third-order valence-electron chi connectivity index (χ3n) is 0.687. The van der Waals surface area contributed by atoms with Gasteiger partial charge < -0.3 is 0 Å². The zero-order valence-electron chi connectivity index (χ0n) is 4.73. The average Bonchev–Trinajstić information content (AvgIpc) is 1.66. The Kier molecular flexibility index (Phi) is 7.58. The van der Waals surface area contributed by atoms with Crippen LogP contribution in [-0.4, -0.2) is 5.75 Å². The Labute approximate surface area is 65.4 Å². The molecule has 0 N–H and O–H groups in total. The predicted molar refractivity (Wildman–Crippen MR) is 46.0 cm³/mol. The molecule has 0 rings (SSSR count). The molecule has 0 aliphatic heterocycles. The van der Waals surface area contributed by atoms with Crippen molar-refractivity contribution >= 4 is 39.7 Å². The van der Waals surface area contributed by atoms with Crippen LogP contribution in [0.4, 0.5) is 0 Å². The molecule has 0 atom stereocenters. The van der Waals surface area contributed by atoms with Gasteiger partial charge in [-0.3, -0.25) is 0 Å². The summed E-state index contributed by atoms with van der Waals surface area (Å²) in [5.74, 6) is 0.355. The van der Waals surface area contributed by atoms with E-state index < -0.39 is 5.83 Å². The fraction of sp³-hybridized carbons (Fsp3) is 1.00. The van der Waals surface area contributed by atoms with Gasteiger partial charge in [0.25, 0.3) is 0 Å². The first-order chi connectivity index (χ1) is 3.77. The zero-order valence-corrected chi connectivity index (χ0v) is 7.96. The first-order valence-electron chi connectivity index (χ1n) is 2.52. The van der Waals surface area contributed by atoms with Gasteiger partial charge in [-0.15, -0.1) is 11.4 Å². The Morgan fingerprint density at radius 3 is 2.50 bits per heavy atom. The molecule has 50 valence electrons. The molecule has 0 aliphatic rings. The number of halogens is 2. The molecule has 0 saturated carbocycles. The predicted octanol–water partition coefficient (Wildman–Crippen LogP) is 4.22. The highest BCUT2D eigenvalue weighted by molar-refractivity contribution is 8.70. The Morgan fingerprint density at radius 2 is 2.12 bits per heavy atom. The van der Waals surface area contributed by atoms with E-state index in [9.17, 15) is 0 Å². The van der Waals surface area contributed by atoms with Crippen molar-refractivity contribution in [2.45, 2.75) is 19.8 Å². The minimum absolute atomic E-state index is 0.751. The number of unbranched alkanes of at least 4 members (excludes halogenated alkanes) is 1. The van der Waals surface area contributed by atoms with E-state index in [-0.39, 0.29) is 0 Å². The van der Waals surface area contributed by atoms with Crippen molar-refractivity contribution in [3.8, 4) is 0 Å². The van der Waals surface area contributed by atoms with Crippen LogP contribution in [0.1, 0.15) is 19.8 Å². The molecule has 0 aromatic carbocycles. The van der Waals surface area contributed by atoms with Gasteiger partial charge in [-0.05, 0) is 12.2 Å². The van der Waals surface area contributed by atoms with Gasteiger partial charge in [0, 0.05) is 0 Å². The Hall–Kier alpha value is 1.36. The quantitative estimate of drug-likeness (QED) is 0.473. The van der Waals surface area contributed by atoms with Gasteiger partial charge in [-0.1, -0.05) is 35.8 Å². The van der Waals surface area contributed by atoms with Gasteiger partial charge in [0.05, 0.1) is 0 Å². The molecule has 0 amide bonds. The molecule has 0 nitrogen and oxygen atoms in total. The lowest BCUT2D eigenvalue weighted by molar-refractivity contribution is 0.898. The Bertz CT molecular complexity index is 51.3. The Balaban J connectivity index is 2.72. The van der Waals surface area contributed by atoms with Gasteiger partial charge in [0.1, 0.15) is 5.83 Å². The van der Waals surface area contributed by atoms with E-state index in [1.54, 1.807) is 11.4 Å². The maximum Gasteiger partial charge on any atom is 0.145 e. The largest absolute Gasteiger partial charge is 0.145 e. The second kappa shape index (κ2) is 6.48. The van der Waals surface area contributed by atoms with Crippen LogP contribution >= 0.6 is 39.7 Å². The van der Waals surface area contributed by atoms with Crippen LogP contribution in [0.5, 0.6) is 0 Å². The lowest BCUT2D eigenvalue weighted by atomic mass is 10.4. The first kappa shape index (κ1) is 9.36. The molecular weight excluding hydrogens is 182 g/mol. The smallest absolute Gasteiger partial charge is 0.102 e. The molecule has 0 fully saturated rings. The number of hydrogen-bond acceptors (Lipinski definition) is 1. The van der Waals surface area contributed by atoms with E-state index >= 15 is 0 Å². The maximum atomic E-state index is 5.51. The van der Waals surface area contributed by atoms with Crippen molar-refractivity contribution in [2.75, 3.05) is 5.75 Å². The summed E-state index contributed by atoms with van der Waals surface area (Å²) in [5.41, 5.74) is 0. The van der Waals surface area contributed by atoms with E-state index in [1.807, 2.05) is 0 Å². The molecule has 0 aromatic heterocycles. The lowest BCUT2D eigenvalue weighted by Crippen LogP contribution is -1.70. The van der Waals surface area contributed by atoms with E-state index in [2.05, 4.69) is 6.92 Å². The van der Waals surface area contributed by atoms with Gasteiger partial charge in [-0.25, -0.2) is 0 Å². The van der Waals surface area contributed by atoms with Crippen LogP contribution in [0.3, 0.4) is 0 Å². The Morgan fingerprint density at radius 1 is 1.50 bits per heavy atom. The normalized spacial score (nSPS) is 10.5. The minimum Gasteiger partial charge on any atom is -0.102 e. The highest BCUT2D eigenvalue weighted by atomic mass is 35.9. The second-order valence-electron chi connectivity index (χ2n) is 1.39. The van der Waals surface area contributed by atoms with E-state index in [4.69, 9.17) is 22.5 Å². The summed E-state index contributed by atoms with van der Waals surface area (Å²) in [7, 11) is 0. The van der Waals surface area contributed by atoms with Crippen LogP contribution in [0.15, 0.2) is 0 Å². The molecule has 0 aromatic rings. The molecule has 0 heterocycles. The topological polar surface area (TPSA) is 0 Å². The van der Waals surface area contributed by atoms with Crippen LogP contribution in [0, 0.1) is 0 Å². The number of rotatable bonds is 4. The summed E-state index contributed by atoms with van der Waals surface area (Å²) in [6.45, 7) is 2.16. The molecule has 0 aliphatic carbocycles. The molecule has 0 saturated heterocycles.